The Labute approximate surface area is 113 Å². The Morgan fingerprint density at radius 3 is 3.00 bits per heavy atom. The first kappa shape index (κ1) is 12.5. The van der Waals surface area contributed by atoms with E-state index in [0.29, 0.717) is 12.4 Å². The maximum Gasteiger partial charge on any atom is 0.154 e. The molecule has 2 bridgehead atoms. The second kappa shape index (κ2) is 4.85. The highest BCUT2D eigenvalue weighted by atomic mass is 16.5. The lowest BCUT2D eigenvalue weighted by Gasteiger charge is -2.24. The van der Waals surface area contributed by atoms with E-state index >= 15 is 0 Å². The van der Waals surface area contributed by atoms with Crippen LogP contribution in [-0.2, 0) is 11.2 Å². The number of carbonyl (C=O) groups excluding carboxylic acids is 1. The molecule has 0 amide bonds. The van der Waals surface area contributed by atoms with E-state index in [-0.39, 0.29) is 12.0 Å². The number of anilines is 1. The van der Waals surface area contributed by atoms with Crippen LogP contribution in [0.5, 0.6) is 5.75 Å². The van der Waals surface area contributed by atoms with Gasteiger partial charge >= 0.3 is 0 Å². The Balaban J connectivity index is 1.82. The number of rotatable bonds is 4. The van der Waals surface area contributed by atoms with Crippen LogP contribution < -0.4 is 10.5 Å². The zero-order chi connectivity index (χ0) is 13.4. The molecule has 2 N–H and O–H groups in total. The minimum atomic E-state index is 0.0276. The number of Topliss-reactive ketones (excluding diaryl/α,β-unsaturated/α-hetero) is 1. The molecule has 3 atom stereocenters. The second-order valence-corrected chi connectivity index (χ2v) is 5.40. The maximum absolute atomic E-state index is 12.2. The summed E-state index contributed by atoms with van der Waals surface area (Å²) in [6.45, 7) is 4.58. The minimum Gasteiger partial charge on any atom is -0.494 e. The summed E-state index contributed by atoms with van der Waals surface area (Å²) >= 11 is 0. The first-order chi connectivity index (χ1) is 9.19. The summed E-state index contributed by atoms with van der Waals surface area (Å²) in [6.07, 6.45) is 1.75. The third kappa shape index (κ3) is 2.21. The molecule has 1 aromatic rings. The van der Waals surface area contributed by atoms with Gasteiger partial charge in [0.15, 0.2) is 5.78 Å². The molecular formula is C15H20N2O2. The van der Waals surface area contributed by atoms with Crippen LogP contribution in [-0.4, -0.2) is 36.4 Å². The molecular weight excluding hydrogens is 240 g/mol. The number of ketones is 1. The summed E-state index contributed by atoms with van der Waals surface area (Å²) in [5, 5.41) is 0. The zero-order valence-electron chi connectivity index (χ0n) is 11.3. The monoisotopic (exact) mass is 260 g/mol. The average Bonchev–Trinajstić information content (AvgIpc) is 2.96. The van der Waals surface area contributed by atoms with E-state index in [1.165, 1.54) is 0 Å². The number of nitrogen functional groups attached to an aromatic ring is 1. The molecule has 2 saturated heterocycles. The highest BCUT2D eigenvalue weighted by molar-refractivity contribution is 5.89. The largest absolute Gasteiger partial charge is 0.494 e. The second-order valence-electron chi connectivity index (χ2n) is 5.40. The molecule has 2 fully saturated rings. The van der Waals surface area contributed by atoms with Gasteiger partial charge in [-0.2, -0.15) is 0 Å². The first-order valence-corrected chi connectivity index (χ1v) is 6.98. The van der Waals surface area contributed by atoms with Crippen LogP contribution >= 0.6 is 0 Å². The molecule has 2 heterocycles. The van der Waals surface area contributed by atoms with Crippen molar-refractivity contribution in [3.05, 3.63) is 23.8 Å². The lowest BCUT2D eigenvalue weighted by atomic mass is 9.93. The standard InChI is InChI=1S/C15H20N2O2/c1-2-19-14-4-3-12(16)7-11(14)8-13-15(18)10-5-6-17(13)9-10/h3-4,7,10,13H,2,5-6,8-9,16H2,1H3. The number of piperidine rings is 1. The van der Waals surface area contributed by atoms with Crippen molar-refractivity contribution in [2.45, 2.75) is 25.8 Å². The molecule has 19 heavy (non-hydrogen) atoms. The fourth-order valence-electron chi connectivity index (χ4n) is 3.25. The number of fused-ring (bicyclic) bond motifs is 2. The smallest absolute Gasteiger partial charge is 0.154 e. The van der Waals surface area contributed by atoms with Gasteiger partial charge in [-0.05, 0) is 50.1 Å². The van der Waals surface area contributed by atoms with E-state index in [9.17, 15) is 4.79 Å². The predicted octanol–water partition coefficient (Wildman–Crippen LogP) is 1.48. The predicted molar refractivity (Wildman–Crippen MR) is 74.2 cm³/mol. The van der Waals surface area contributed by atoms with Crippen molar-refractivity contribution in [2.75, 3.05) is 25.4 Å². The van der Waals surface area contributed by atoms with E-state index in [2.05, 4.69) is 4.90 Å². The van der Waals surface area contributed by atoms with Gasteiger partial charge in [0.2, 0.25) is 0 Å². The molecule has 0 aromatic heterocycles. The van der Waals surface area contributed by atoms with E-state index in [4.69, 9.17) is 10.5 Å². The van der Waals surface area contributed by atoms with Crippen molar-refractivity contribution in [3.63, 3.8) is 0 Å². The van der Waals surface area contributed by atoms with Gasteiger partial charge in [0.25, 0.3) is 0 Å². The van der Waals surface area contributed by atoms with Gasteiger partial charge in [0, 0.05) is 18.2 Å². The van der Waals surface area contributed by atoms with Crippen LogP contribution in [0.3, 0.4) is 0 Å². The lowest BCUT2D eigenvalue weighted by molar-refractivity contribution is -0.124. The summed E-state index contributed by atoms with van der Waals surface area (Å²) in [5.41, 5.74) is 7.63. The molecule has 0 saturated carbocycles. The van der Waals surface area contributed by atoms with Crippen LogP contribution in [0.2, 0.25) is 0 Å². The van der Waals surface area contributed by atoms with Gasteiger partial charge in [-0.1, -0.05) is 0 Å². The fraction of sp³-hybridized carbons (Fsp3) is 0.533. The summed E-state index contributed by atoms with van der Waals surface area (Å²) in [6, 6.07) is 5.71. The van der Waals surface area contributed by atoms with Gasteiger partial charge in [-0.25, -0.2) is 0 Å². The van der Waals surface area contributed by atoms with E-state index in [1.807, 2.05) is 25.1 Å². The number of nitrogens with two attached hydrogens (primary N) is 1. The Bertz CT molecular complexity index is 501. The van der Waals surface area contributed by atoms with Gasteiger partial charge in [-0.3, -0.25) is 9.69 Å². The number of benzene rings is 1. The third-order valence-electron chi connectivity index (χ3n) is 4.19. The molecule has 1 aromatic carbocycles. The summed E-state index contributed by atoms with van der Waals surface area (Å²) in [4.78, 5) is 14.5. The van der Waals surface area contributed by atoms with Crippen LogP contribution in [0.15, 0.2) is 18.2 Å². The van der Waals surface area contributed by atoms with Gasteiger partial charge < -0.3 is 10.5 Å². The molecule has 3 unspecified atom stereocenters. The SMILES string of the molecule is CCOc1ccc(N)cc1CC1C(=O)C2CCN1C2. The summed E-state index contributed by atoms with van der Waals surface area (Å²) in [7, 11) is 0. The third-order valence-corrected chi connectivity index (χ3v) is 4.19. The number of hydrogen-bond donors (Lipinski definition) is 1. The van der Waals surface area contributed by atoms with Crippen molar-refractivity contribution >= 4 is 11.5 Å². The van der Waals surface area contributed by atoms with Crippen LogP contribution in [0.1, 0.15) is 18.9 Å². The lowest BCUT2D eigenvalue weighted by Crippen LogP contribution is -2.38. The van der Waals surface area contributed by atoms with Gasteiger partial charge in [0.05, 0.1) is 12.6 Å². The van der Waals surface area contributed by atoms with Crippen LogP contribution in [0.4, 0.5) is 5.69 Å². The molecule has 4 nitrogen and oxygen atoms in total. The van der Waals surface area contributed by atoms with E-state index in [0.717, 1.165) is 42.9 Å². The maximum atomic E-state index is 12.2. The highest BCUT2D eigenvalue weighted by Gasteiger charge is 2.44. The molecule has 4 heteroatoms. The zero-order valence-corrected chi connectivity index (χ0v) is 11.3. The first-order valence-electron chi connectivity index (χ1n) is 6.98. The highest BCUT2D eigenvalue weighted by Crippen LogP contribution is 2.33. The fourth-order valence-corrected chi connectivity index (χ4v) is 3.25. The number of hydrogen-bond acceptors (Lipinski definition) is 4. The summed E-state index contributed by atoms with van der Waals surface area (Å²) < 4.78 is 5.63. The van der Waals surface area contributed by atoms with Gasteiger partial charge in [-0.15, -0.1) is 0 Å². The van der Waals surface area contributed by atoms with Crippen molar-refractivity contribution in [3.8, 4) is 5.75 Å². The van der Waals surface area contributed by atoms with Crippen molar-refractivity contribution in [1.29, 1.82) is 0 Å². The topological polar surface area (TPSA) is 55.6 Å². The quantitative estimate of drug-likeness (QED) is 0.833. The molecule has 3 rings (SSSR count). The van der Waals surface area contributed by atoms with Crippen molar-refractivity contribution < 1.29 is 9.53 Å². The number of nitrogens with zero attached hydrogens (tertiary/aromatic N) is 1. The number of carbonyl (C=O) groups is 1. The minimum absolute atomic E-state index is 0.0276. The Morgan fingerprint density at radius 2 is 2.32 bits per heavy atom. The Hall–Kier alpha value is -1.55. The normalized spacial score (nSPS) is 28.9. The molecule has 0 radical (unpaired) electrons. The molecule has 0 aliphatic carbocycles. The Morgan fingerprint density at radius 1 is 1.47 bits per heavy atom. The molecule has 2 aliphatic heterocycles. The van der Waals surface area contributed by atoms with Crippen LogP contribution in [0.25, 0.3) is 0 Å². The van der Waals surface area contributed by atoms with Gasteiger partial charge in [0.1, 0.15) is 5.75 Å². The van der Waals surface area contributed by atoms with Crippen molar-refractivity contribution in [2.24, 2.45) is 5.92 Å². The Kier molecular flexibility index (Phi) is 3.19. The van der Waals surface area contributed by atoms with Crippen molar-refractivity contribution in [1.82, 2.24) is 4.90 Å². The molecule has 0 spiro atoms. The van der Waals surface area contributed by atoms with Crippen LogP contribution in [0, 0.1) is 5.92 Å². The average molecular weight is 260 g/mol. The molecule has 102 valence electrons. The summed E-state index contributed by atoms with van der Waals surface area (Å²) in [5.74, 6) is 1.52. The number of ether oxygens (including phenoxy) is 1. The van der Waals surface area contributed by atoms with E-state index < -0.39 is 0 Å². The van der Waals surface area contributed by atoms with E-state index in [1.54, 1.807) is 0 Å². The molecule has 2 aliphatic rings.